The Morgan fingerprint density at radius 3 is 2.73 bits per heavy atom. The van der Waals surface area contributed by atoms with Crippen LogP contribution < -0.4 is 14.8 Å². The fourth-order valence-electron chi connectivity index (χ4n) is 3.09. The summed E-state index contributed by atoms with van der Waals surface area (Å²) in [6.07, 6.45) is -0.212. The van der Waals surface area contributed by atoms with Crippen LogP contribution in [0.2, 0.25) is 0 Å². The van der Waals surface area contributed by atoms with Crippen molar-refractivity contribution in [3.05, 3.63) is 24.3 Å². The molecule has 0 saturated carbocycles. The zero-order valence-electron chi connectivity index (χ0n) is 15.5. The predicted octanol–water partition coefficient (Wildman–Crippen LogP) is 2.20. The van der Waals surface area contributed by atoms with E-state index in [9.17, 15) is 9.59 Å². The molecule has 7 nitrogen and oxygen atoms in total. The maximum atomic E-state index is 12.7. The number of para-hydroxylation sites is 2. The Morgan fingerprint density at radius 1 is 1.27 bits per heavy atom. The van der Waals surface area contributed by atoms with Crippen molar-refractivity contribution >= 4 is 12.0 Å². The first-order chi connectivity index (χ1) is 12.3. The number of hydrogen-bond donors (Lipinski definition) is 1. The van der Waals surface area contributed by atoms with E-state index in [0.717, 1.165) is 6.42 Å². The SMILES string of the molecule is CC(C)(C)OC(=O)NCC1CCN(C(=O)C2COc3ccccc3O2)C1. The lowest BCUT2D eigenvalue weighted by Gasteiger charge is -2.28. The second kappa shape index (κ2) is 7.43. The first-order valence-corrected chi connectivity index (χ1v) is 8.96. The molecule has 1 fully saturated rings. The maximum Gasteiger partial charge on any atom is 0.407 e. The molecule has 2 aliphatic heterocycles. The number of carbonyl (C=O) groups is 2. The monoisotopic (exact) mass is 362 g/mol. The summed E-state index contributed by atoms with van der Waals surface area (Å²) in [5.74, 6) is 1.40. The Hall–Kier alpha value is -2.44. The van der Waals surface area contributed by atoms with E-state index in [1.165, 1.54) is 0 Å². The molecule has 142 valence electrons. The number of carbonyl (C=O) groups excluding carboxylic acids is 2. The minimum atomic E-state index is -0.623. The average Bonchev–Trinajstić information content (AvgIpc) is 3.06. The third-order valence-corrected chi connectivity index (χ3v) is 4.32. The van der Waals surface area contributed by atoms with Crippen LogP contribution in [0.5, 0.6) is 11.5 Å². The molecular weight excluding hydrogens is 336 g/mol. The summed E-state index contributed by atoms with van der Waals surface area (Å²) in [5.41, 5.74) is -0.517. The summed E-state index contributed by atoms with van der Waals surface area (Å²) in [7, 11) is 0. The van der Waals surface area contributed by atoms with Gasteiger partial charge in [-0.05, 0) is 45.2 Å². The number of hydrogen-bond acceptors (Lipinski definition) is 5. The number of nitrogens with zero attached hydrogens (tertiary/aromatic N) is 1. The van der Waals surface area contributed by atoms with Gasteiger partial charge in [0.05, 0.1) is 0 Å². The molecule has 2 heterocycles. The van der Waals surface area contributed by atoms with Crippen LogP contribution in [0.4, 0.5) is 4.79 Å². The van der Waals surface area contributed by atoms with Crippen molar-refractivity contribution in [3.8, 4) is 11.5 Å². The van der Waals surface area contributed by atoms with Gasteiger partial charge < -0.3 is 24.4 Å². The zero-order valence-corrected chi connectivity index (χ0v) is 15.5. The summed E-state index contributed by atoms with van der Waals surface area (Å²) >= 11 is 0. The van der Waals surface area contributed by atoms with Crippen LogP contribution in [0.25, 0.3) is 0 Å². The van der Waals surface area contributed by atoms with Crippen molar-refractivity contribution in [2.75, 3.05) is 26.2 Å². The van der Waals surface area contributed by atoms with Crippen molar-refractivity contribution in [1.29, 1.82) is 0 Å². The molecule has 2 aliphatic rings. The molecule has 7 heteroatoms. The van der Waals surface area contributed by atoms with Crippen LogP contribution in [0.3, 0.4) is 0 Å². The number of ether oxygens (including phenoxy) is 3. The molecule has 0 aliphatic carbocycles. The summed E-state index contributed by atoms with van der Waals surface area (Å²) < 4.78 is 16.6. The quantitative estimate of drug-likeness (QED) is 0.892. The molecule has 0 bridgehead atoms. The van der Waals surface area contributed by atoms with Gasteiger partial charge in [-0.3, -0.25) is 4.79 Å². The predicted molar refractivity (Wildman–Crippen MR) is 95.3 cm³/mol. The van der Waals surface area contributed by atoms with E-state index in [0.29, 0.717) is 31.1 Å². The third kappa shape index (κ3) is 4.59. The van der Waals surface area contributed by atoms with Gasteiger partial charge in [0.15, 0.2) is 11.5 Å². The molecule has 0 spiro atoms. The molecule has 2 unspecified atom stereocenters. The van der Waals surface area contributed by atoms with Crippen LogP contribution in [0, 0.1) is 5.92 Å². The number of likely N-dealkylation sites (tertiary alicyclic amines) is 1. The lowest BCUT2D eigenvalue weighted by molar-refractivity contribution is -0.140. The van der Waals surface area contributed by atoms with E-state index in [2.05, 4.69) is 5.32 Å². The normalized spacial score (nSPS) is 22.0. The standard InChI is InChI=1S/C19H26N2O5/c1-19(2,3)26-18(23)20-10-13-8-9-21(11-13)17(22)16-12-24-14-6-4-5-7-15(14)25-16/h4-7,13,16H,8-12H2,1-3H3,(H,20,23). The number of nitrogens with one attached hydrogen (secondary N) is 1. The van der Waals surface area contributed by atoms with E-state index in [-0.39, 0.29) is 18.4 Å². The number of fused-ring (bicyclic) bond motifs is 1. The molecule has 1 aromatic rings. The van der Waals surface area contributed by atoms with E-state index in [1.54, 1.807) is 11.0 Å². The van der Waals surface area contributed by atoms with E-state index < -0.39 is 17.8 Å². The van der Waals surface area contributed by atoms with Crippen molar-refractivity contribution in [3.63, 3.8) is 0 Å². The molecule has 3 rings (SSSR count). The van der Waals surface area contributed by atoms with Crippen molar-refractivity contribution in [1.82, 2.24) is 10.2 Å². The lowest BCUT2D eigenvalue weighted by Crippen LogP contribution is -2.45. The van der Waals surface area contributed by atoms with Gasteiger partial charge in [-0.15, -0.1) is 0 Å². The third-order valence-electron chi connectivity index (χ3n) is 4.32. The van der Waals surface area contributed by atoms with Crippen LogP contribution in [-0.4, -0.2) is 54.8 Å². The van der Waals surface area contributed by atoms with Gasteiger partial charge >= 0.3 is 6.09 Å². The number of amides is 2. The minimum absolute atomic E-state index is 0.0701. The van der Waals surface area contributed by atoms with Gasteiger partial charge in [0.1, 0.15) is 12.2 Å². The number of rotatable bonds is 3. The number of benzene rings is 1. The van der Waals surface area contributed by atoms with Gasteiger partial charge in [-0.1, -0.05) is 12.1 Å². The highest BCUT2D eigenvalue weighted by atomic mass is 16.6. The first-order valence-electron chi connectivity index (χ1n) is 8.96. The molecule has 1 N–H and O–H groups in total. The zero-order chi connectivity index (χ0) is 18.7. The highest BCUT2D eigenvalue weighted by Gasteiger charge is 2.35. The highest BCUT2D eigenvalue weighted by molar-refractivity contribution is 5.82. The second-order valence-electron chi connectivity index (χ2n) is 7.69. The summed E-state index contributed by atoms with van der Waals surface area (Å²) in [6, 6.07) is 7.34. The lowest BCUT2D eigenvalue weighted by atomic mass is 10.1. The number of alkyl carbamates (subject to hydrolysis) is 1. The fourth-order valence-corrected chi connectivity index (χ4v) is 3.09. The molecule has 2 amide bonds. The largest absolute Gasteiger partial charge is 0.485 e. The Balaban J connectivity index is 1.47. The van der Waals surface area contributed by atoms with Crippen molar-refractivity contribution < 1.29 is 23.8 Å². The summed E-state index contributed by atoms with van der Waals surface area (Å²) in [5, 5.41) is 2.78. The average molecular weight is 362 g/mol. The molecular formula is C19H26N2O5. The topological polar surface area (TPSA) is 77.1 Å². The van der Waals surface area contributed by atoms with Gasteiger partial charge in [-0.2, -0.15) is 0 Å². The van der Waals surface area contributed by atoms with Crippen LogP contribution in [0.15, 0.2) is 24.3 Å². The summed E-state index contributed by atoms with van der Waals surface area (Å²) in [6.45, 7) is 7.43. The van der Waals surface area contributed by atoms with Gasteiger partial charge in [0.2, 0.25) is 6.10 Å². The maximum absolute atomic E-state index is 12.7. The molecule has 2 atom stereocenters. The smallest absolute Gasteiger partial charge is 0.407 e. The fraction of sp³-hybridized carbons (Fsp3) is 0.579. The first kappa shape index (κ1) is 18.4. The van der Waals surface area contributed by atoms with Crippen LogP contribution in [0.1, 0.15) is 27.2 Å². The van der Waals surface area contributed by atoms with Gasteiger partial charge in [0, 0.05) is 19.6 Å². The Labute approximate surface area is 153 Å². The molecule has 0 radical (unpaired) electrons. The molecule has 1 aromatic carbocycles. The van der Waals surface area contributed by atoms with E-state index in [4.69, 9.17) is 14.2 Å². The van der Waals surface area contributed by atoms with E-state index in [1.807, 2.05) is 39.0 Å². The van der Waals surface area contributed by atoms with Crippen molar-refractivity contribution in [2.24, 2.45) is 5.92 Å². The Morgan fingerprint density at radius 2 is 2.00 bits per heavy atom. The van der Waals surface area contributed by atoms with Crippen LogP contribution in [-0.2, 0) is 9.53 Å². The van der Waals surface area contributed by atoms with Gasteiger partial charge in [-0.25, -0.2) is 4.79 Å². The van der Waals surface area contributed by atoms with Crippen LogP contribution >= 0.6 is 0 Å². The van der Waals surface area contributed by atoms with Crippen molar-refractivity contribution in [2.45, 2.75) is 38.9 Å². The molecule has 1 saturated heterocycles. The Bertz CT molecular complexity index is 670. The highest BCUT2D eigenvalue weighted by Crippen LogP contribution is 2.31. The molecule has 0 aromatic heterocycles. The van der Waals surface area contributed by atoms with E-state index >= 15 is 0 Å². The van der Waals surface area contributed by atoms with Gasteiger partial charge in [0.25, 0.3) is 5.91 Å². The summed E-state index contributed by atoms with van der Waals surface area (Å²) in [4.78, 5) is 26.2. The minimum Gasteiger partial charge on any atom is -0.485 e. The molecule has 26 heavy (non-hydrogen) atoms. The Kier molecular flexibility index (Phi) is 5.25. The second-order valence-corrected chi connectivity index (χ2v) is 7.69.